The van der Waals surface area contributed by atoms with Crippen molar-refractivity contribution in [3.8, 4) is 0 Å². The standard InChI is InChI=1S/C14H16N6O2S/c1-2-10-3-5-11(6-4-10)13(22)17-14(23)19-18-12(21)7-20-9-15-8-16-20/h3-6,8-9H,2,7H2,1H3,(H,18,21)(H2,17,19,22,23). The molecule has 0 bridgehead atoms. The molecule has 8 nitrogen and oxygen atoms in total. The Balaban J connectivity index is 1.77. The second-order valence-electron chi connectivity index (χ2n) is 4.60. The third-order valence-electron chi connectivity index (χ3n) is 2.94. The fraction of sp³-hybridized carbons (Fsp3) is 0.214. The molecular formula is C14H16N6O2S. The molecule has 2 aromatic rings. The first-order valence-electron chi connectivity index (χ1n) is 6.90. The van der Waals surface area contributed by atoms with E-state index in [4.69, 9.17) is 12.2 Å². The zero-order valence-corrected chi connectivity index (χ0v) is 13.3. The summed E-state index contributed by atoms with van der Waals surface area (Å²) in [6.45, 7) is 2.03. The molecule has 1 heterocycles. The number of nitrogens with one attached hydrogen (secondary N) is 3. The zero-order chi connectivity index (χ0) is 16.7. The smallest absolute Gasteiger partial charge is 0.260 e. The topological polar surface area (TPSA) is 101 Å². The van der Waals surface area contributed by atoms with Crippen molar-refractivity contribution in [2.45, 2.75) is 19.9 Å². The number of benzene rings is 1. The molecule has 0 unspecified atom stereocenters. The van der Waals surface area contributed by atoms with Gasteiger partial charge < -0.3 is 0 Å². The van der Waals surface area contributed by atoms with E-state index < -0.39 is 0 Å². The van der Waals surface area contributed by atoms with Crippen LogP contribution in [0.25, 0.3) is 0 Å². The summed E-state index contributed by atoms with van der Waals surface area (Å²) >= 11 is 4.95. The van der Waals surface area contributed by atoms with Gasteiger partial charge >= 0.3 is 0 Å². The average molecular weight is 332 g/mol. The van der Waals surface area contributed by atoms with E-state index in [2.05, 4.69) is 26.3 Å². The van der Waals surface area contributed by atoms with Crippen LogP contribution in [-0.2, 0) is 17.8 Å². The molecule has 0 spiro atoms. The number of amides is 2. The number of hydrazine groups is 1. The second-order valence-corrected chi connectivity index (χ2v) is 5.01. The normalized spacial score (nSPS) is 9.96. The maximum atomic E-state index is 12.0. The Hall–Kier alpha value is -2.81. The van der Waals surface area contributed by atoms with E-state index in [1.807, 2.05) is 19.1 Å². The predicted octanol–water partition coefficient (Wildman–Crippen LogP) is 0.176. The first-order valence-corrected chi connectivity index (χ1v) is 7.31. The second kappa shape index (κ2) is 7.99. The summed E-state index contributed by atoms with van der Waals surface area (Å²) in [4.78, 5) is 27.3. The summed E-state index contributed by atoms with van der Waals surface area (Å²) in [7, 11) is 0. The van der Waals surface area contributed by atoms with Crippen LogP contribution in [0.2, 0.25) is 0 Å². The highest BCUT2D eigenvalue weighted by molar-refractivity contribution is 7.80. The van der Waals surface area contributed by atoms with Crippen molar-refractivity contribution in [2.75, 3.05) is 0 Å². The molecule has 0 fully saturated rings. The molecule has 9 heteroatoms. The van der Waals surface area contributed by atoms with Crippen LogP contribution in [0.15, 0.2) is 36.9 Å². The van der Waals surface area contributed by atoms with Crippen molar-refractivity contribution in [2.24, 2.45) is 0 Å². The van der Waals surface area contributed by atoms with Gasteiger partial charge in [0.1, 0.15) is 19.2 Å². The van der Waals surface area contributed by atoms with Gasteiger partial charge in [-0.05, 0) is 36.3 Å². The lowest BCUT2D eigenvalue weighted by Gasteiger charge is -2.11. The lowest BCUT2D eigenvalue weighted by molar-refractivity contribution is -0.122. The Bertz CT molecular complexity index is 684. The molecule has 120 valence electrons. The monoisotopic (exact) mass is 332 g/mol. The van der Waals surface area contributed by atoms with Crippen molar-refractivity contribution in [3.63, 3.8) is 0 Å². The minimum absolute atomic E-state index is 0.00140. The maximum absolute atomic E-state index is 12.0. The van der Waals surface area contributed by atoms with Crippen molar-refractivity contribution in [1.29, 1.82) is 0 Å². The summed E-state index contributed by atoms with van der Waals surface area (Å²) in [6, 6.07) is 7.21. The summed E-state index contributed by atoms with van der Waals surface area (Å²) in [5, 5.41) is 6.28. The summed E-state index contributed by atoms with van der Waals surface area (Å²) in [6.07, 6.45) is 3.65. The van der Waals surface area contributed by atoms with E-state index in [0.29, 0.717) is 5.56 Å². The van der Waals surface area contributed by atoms with E-state index in [1.54, 1.807) is 12.1 Å². The van der Waals surface area contributed by atoms with Crippen molar-refractivity contribution in [3.05, 3.63) is 48.0 Å². The Labute approximate surface area is 138 Å². The van der Waals surface area contributed by atoms with E-state index >= 15 is 0 Å². The van der Waals surface area contributed by atoms with Gasteiger partial charge in [0, 0.05) is 5.56 Å². The van der Waals surface area contributed by atoms with Crippen LogP contribution < -0.4 is 16.2 Å². The van der Waals surface area contributed by atoms with Crippen molar-refractivity contribution < 1.29 is 9.59 Å². The number of carbonyl (C=O) groups excluding carboxylic acids is 2. The van der Waals surface area contributed by atoms with E-state index in [1.165, 1.54) is 17.3 Å². The highest BCUT2D eigenvalue weighted by Gasteiger charge is 2.09. The minimum atomic E-state index is -0.376. The van der Waals surface area contributed by atoms with Crippen LogP contribution in [-0.4, -0.2) is 31.7 Å². The van der Waals surface area contributed by atoms with Gasteiger partial charge in [-0.3, -0.25) is 25.8 Å². The highest BCUT2D eigenvalue weighted by Crippen LogP contribution is 2.04. The number of hydrogen-bond acceptors (Lipinski definition) is 5. The first kappa shape index (κ1) is 16.6. The minimum Gasteiger partial charge on any atom is -0.298 e. The zero-order valence-electron chi connectivity index (χ0n) is 12.4. The summed E-state index contributed by atoms with van der Waals surface area (Å²) in [5.74, 6) is -0.727. The Morgan fingerprint density at radius 2 is 1.96 bits per heavy atom. The molecule has 3 N–H and O–H groups in total. The summed E-state index contributed by atoms with van der Waals surface area (Å²) < 4.78 is 1.36. The molecule has 0 aliphatic rings. The third kappa shape index (κ3) is 5.15. The van der Waals surface area contributed by atoms with Gasteiger partial charge in [-0.25, -0.2) is 9.67 Å². The van der Waals surface area contributed by atoms with Crippen LogP contribution in [0, 0.1) is 0 Å². The van der Waals surface area contributed by atoms with Gasteiger partial charge in [-0.15, -0.1) is 0 Å². The van der Waals surface area contributed by atoms with Gasteiger partial charge in [-0.1, -0.05) is 19.1 Å². The van der Waals surface area contributed by atoms with Crippen molar-refractivity contribution in [1.82, 2.24) is 30.9 Å². The van der Waals surface area contributed by atoms with Gasteiger partial charge in [0.05, 0.1) is 0 Å². The average Bonchev–Trinajstić information content (AvgIpc) is 3.06. The Kier molecular flexibility index (Phi) is 5.75. The molecule has 0 aliphatic carbocycles. The number of hydrogen-bond donors (Lipinski definition) is 3. The van der Waals surface area contributed by atoms with Gasteiger partial charge in [-0.2, -0.15) is 5.10 Å². The molecule has 1 aromatic carbocycles. The van der Waals surface area contributed by atoms with Crippen LogP contribution >= 0.6 is 12.2 Å². The highest BCUT2D eigenvalue weighted by atomic mass is 32.1. The molecule has 1 aromatic heterocycles. The number of rotatable bonds is 4. The van der Waals surface area contributed by atoms with Gasteiger partial charge in [0.2, 0.25) is 0 Å². The Morgan fingerprint density at radius 3 is 2.57 bits per heavy atom. The lowest BCUT2D eigenvalue weighted by atomic mass is 10.1. The number of aromatic nitrogens is 3. The van der Waals surface area contributed by atoms with Crippen LogP contribution in [0.5, 0.6) is 0 Å². The number of thiocarbonyl (C=S) groups is 1. The molecule has 0 saturated carbocycles. The van der Waals surface area contributed by atoms with Crippen LogP contribution in [0.1, 0.15) is 22.8 Å². The molecule has 0 saturated heterocycles. The molecule has 2 rings (SSSR count). The van der Waals surface area contributed by atoms with E-state index in [-0.39, 0.29) is 23.5 Å². The largest absolute Gasteiger partial charge is 0.298 e. The molecule has 23 heavy (non-hydrogen) atoms. The van der Waals surface area contributed by atoms with E-state index in [9.17, 15) is 9.59 Å². The van der Waals surface area contributed by atoms with Crippen molar-refractivity contribution >= 4 is 29.1 Å². The Morgan fingerprint density at radius 1 is 1.22 bits per heavy atom. The first-order chi connectivity index (χ1) is 11.1. The van der Waals surface area contributed by atoms with Crippen LogP contribution in [0.3, 0.4) is 0 Å². The fourth-order valence-corrected chi connectivity index (χ4v) is 1.87. The van der Waals surface area contributed by atoms with Crippen LogP contribution in [0.4, 0.5) is 0 Å². The molecule has 0 radical (unpaired) electrons. The van der Waals surface area contributed by atoms with Gasteiger partial charge in [0.25, 0.3) is 11.8 Å². The quantitative estimate of drug-likeness (QED) is 0.545. The maximum Gasteiger partial charge on any atom is 0.260 e. The molecule has 0 atom stereocenters. The fourth-order valence-electron chi connectivity index (χ4n) is 1.73. The molecule has 2 amide bonds. The number of carbonyl (C=O) groups is 2. The number of nitrogens with zero attached hydrogens (tertiary/aromatic N) is 3. The van der Waals surface area contributed by atoms with Gasteiger partial charge in [0.15, 0.2) is 5.11 Å². The SMILES string of the molecule is CCc1ccc(C(=O)NC(=S)NNC(=O)Cn2cncn2)cc1. The predicted molar refractivity (Wildman–Crippen MR) is 87.2 cm³/mol. The molecule has 0 aliphatic heterocycles. The third-order valence-corrected chi connectivity index (χ3v) is 3.14. The summed E-state index contributed by atoms with van der Waals surface area (Å²) in [5.41, 5.74) is 6.45. The number of aryl methyl sites for hydroxylation is 1. The molecular weight excluding hydrogens is 316 g/mol. The van der Waals surface area contributed by atoms with E-state index in [0.717, 1.165) is 12.0 Å². The lowest BCUT2D eigenvalue weighted by Crippen LogP contribution is -2.49.